The van der Waals surface area contributed by atoms with Gasteiger partial charge in [0.25, 0.3) is 0 Å². The Morgan fingerprint density at radius 3 is 2.58 bits per heavy atom. The predicted octanol–water partition coefficient (Wildman–Crippen LogP) is 0.213. The Bertz CT molecular complexity index is 320. The summed E-state index contributed by atoms with van der Waals surface area (Å²) < 4.78 is 5.15. The van der Waals surface area contributed by atoms with E-state index in [4.69, 9.17) is 15.6 Å². The number of carbonyl (C=O) groups excluding carboxylic acids is 1. The molecule has 6 heteroatoms. The summed E-state index contributed by atoms with van der Waals surface area (Å²) in [7, 11) is 0. The van der Waals surface area contributed by atoms with Gasteiger partial charge in [-0.2, -0.15) is 0 Å². The molecule has 1 saturated heterocycles. The molecule has 19 heavy (non-hydrogen) atoms. The molecule has 1 aliphatic heterocycles. The monoisotopic (exact) mass is 272 g/mol. The molecule has 1 aliphatic rings. The molecule has 1 amide bonds. The van der Waals surface area contributed by atoms with Gasteiger partial charge in [-0.25, -0.2) is 0 Å². The van der Waals surface area contributed by atoms with Crippen LogP contribution in [0.3, 0.4) is 0 Å². The molecule has 3 unspecified atom stereocenters. The van der Waals surface area contributed by atoms with Gasteiger partial charge in [-0.3, -0.25) is 9.59 Å². The predicted molar refractivity (Wildman–Crippen MR) is 70.5 cm³/mol. The van der Waals surface area contributed by atoms with Crippen molar-refractivity contribution in [3.63, 3.8) is 0 Å². The number of amides is 1. The number of hydrogen-bond donors (Lipinski definition) is 3. The third kappa shape index (κ3) is 5.57. The van der Waals surface area contributed by atoms with Crippen molar-refractivity contribution in [1.29, 1.82) is 0 Å². The molecule has 1 rings (SSSR count). The molecule has 0 radical (unpaired) electrons. The van der Waals surface area contributed by atoms with Gasteiger partial charge in [0.2, 0.25) is 5.91 Å². The van der Waals surface area contributed by atoms with Crippen LogP contribution < -0.4 is 11.1 Å². The summed E-state index contributed by atoms with van der Waals surface area (Å²) >= 11 is 0. The number of nitrogens with two attached hydrogens (primary N) is 1. The summed E-state index contributed by atoms with van der Waals surface area (Å²) in [5, 5.41) is 11.7. The maximum Gasteiger partial charge on any atom is 0.303 e. The number of carboxylic acid groups (broad SMARTS) is 1. The van der Waals surface area contributed by atoms with E-state index in [1.165, 1.54) is 0 Å². The Morgan fingerprint density at radius 2 is 2.11 bits per heavy atom. The number of carboxylic acids is 1. The summed E-state index contributed by atoms with van der Waals surface area (Å²) in [5.41, 5.74) is 5.77. The zero-order chi connectivity index (χ0) is 14.4. The van der Waals surface area contributed by atoms with Gasteiger partial charge in [0, 0.05) is 19.0 Å². The molecule has 0 aliphatic carbocycles. The Labute approximate surface area is 113 Å². The maximum absolute atomic E-state index is 11.9. The van der Waals surface area contributed by atoms with Crippen LogP contribution in [0.2, 0.25) is 0 Å². The first-order valence-electron chi connectivity index (χ1n) is 6.73. The molecule has 110 valence electrons. The van der Waals surface area contributed by atoms with Crippen molar-refractivity contribution in [2.24, 2.45) is 23.5 Å². The first-order chi connectivity index (χ1) is 8.90. The average molecular weight is 272 g/mol. The van der Waals surface area contributed by atoms with E-state index in [1.54, 1.807) is 0 Å². The van der Waals surface area contributed by atoms with Crippen molar-refractivity contribution < 1.29 is 19.4 Å². The van der Waals surface area contributed by atoms with Crippen molar-refractivity contribution in [3.8, 4) is 0 Å². The molecular weight excluding hydrogens is 248 g/mol. The number of ether oxygens (including phenoxy) is 1. The maximum atomic E-state index is 11.9. The minimum Gasteiger partial charge on any atom is -0.481 e. The van der Waals surface area contributed by atoms with Crippen molar-refractivity contribution >= 4 is 11.9 Å². The van der Waals surface area contributed by atoms with Crippen LogP contribution in [0.4, 0.5) is 0 Å². The van der Waals surface area contributed by atoms with Crippen LogP contribution in [0.25, 0.3) is 0 Å². The van der Waals surface area contributed by atoms with Gasteiger partial charge in [0.1, 0.15) is 0 Å². The van der Waals surface area contributed by atoms with Crippen LogP contribution in [0, 0.1) is 17.8 Å². The van der Waals surface area contributed by atoms with Crippen molar-refractivity contribution in [2.45, 2.75) is 32.7 Å². The SMILES string of the molecule is CC(C)CC(CNC(=O)C1COCC1N)CC(=O)O. The molecule has 0 bridgehead atoms. The Balaban J connectivity index is 2.41. The van der Waals surface area contributed by atoms with Gasteiger partial charge < -0.3 is 20.9 Å². The smallest absolute Gasteiger partial charge is 0.303 e. The van der Waals surface area contributed by atoms with Crippen LogP contribution in [-0.2, 0) is 14.3 Å². The minimum absolute atomic E-state index is 0.0417. The van der Waals surface area contributed by atoms with Crippen molar-refractivity contribution in [1.82, 2.24) is 5.32 Å². The summed E-state index contributed by atoms with van der Waals surface area (Å²) in [5.74, 6) is -0.923. The molecule has 1 fully saturated rings. The van der Waals surface area contributed by atoms with Crippen LogP contribution in [0.15, 0.2) is 0 Å². The van der Waals surface area contributed by atoms with Gasteiger partial charge >= 0.3 is 5.97 Å². The molecule has 4 N–H and O–H groups in total. The first-order valence-corrected chi connectivity index (χ1v) is 6.73. The zero-order valence-electron chi connectivity index (χ0n) is 11.6. The number of rotatable bonds is 7. The Hall–Kier alpha value is -1.14. The standard InChI is InChI=1S/C13H24N2O4/c1-8(2)3-9(4-12(16)17)5-15-13(18)10-6-19-7-11(10)14/h8-11H,3-7,14H2,1-2H3,(H,15,18)(H,16,17). The number of nitrogens with one attached hydrogen (secondary N) is 1. The Morgan fingerprint density at radius 1 is 1.42 bits per heavy atom. The number of aliphatic carboxylic acids is 1. The van der Waals surface area contributed by atoms with E-state index in [1.807, 2.05) is 13.8 Å². The number of carbonyl (C=O) groups is 2. The second-order valence-corrected chi connectivity index (χ2v) is 5.65. The summed E-state index contributed by atoms with van der Waals surface area (Å²) in [6.07, 6.45) is 0.853. The highest BCUT2D eigenvalue weighted by Gasteiger charge is 2.31. The van der Waals surface area contributed by atoms with Gasteiger partial charge in [-0.15, -0.1) is 0 Å². The van der Waals surface area contributed by atoms with E-state index in [2.05, 4.69) is 5.32 Å². The lowest BCUT2D eigenvalue weighted by Gasteiger charge is -2.20. The second kappa shape index (κ2) is 7.45. The van der Waals surface area contributed by atoms with E-state index in [0.717, 1.165) is 6.42 Å². The van der Waals surface area contributed by atoms with E-state index < -0.39 is 5.97 Å². The third-order valence-corrected chi connectivity index (χ3v) is 3.29. The van der Waals surface area contributed by atoms with Crippen LogP contribution in [-0.4, -0.2) is 42.8 Å². The zero-order valence-corrected chi connectivity index (χ0v) is 11.6. The fourth-order valence-electron chi connectivity index (χ4n) is 2.37. The van der Waals surface area contributed by atoms with E-state index in [0.29, 0.717) is 25.7 Å². The van der Waals surface area contributed by atoms with Gasteiger partial charge in [-0.1, -0.05) is 13.8 Å². The molecule has 1 heterocycles. The molecule has 6 nitrogen and oxygen atoms in total. The molecule has 0 aromatic heterocycles. The highest BCUT2D eigenvalue weighted by Crippen LogP contribution is 2.16. The summed E-state index contributed by atoms with van der Waals surface area (Å²) in [4.78, 5) is 22.7. The van der Waals surface area contributed by atoms with Crippen molar-refractivity contribution in [3.05, 3.63) is 0 Å². The fourth-order valence-corrected chi connectivity index (χ4v) is 2.37. The van der Waals surface area contributed by atoms with Crippen LogP contribution in [0.5, 0.6) is 0 Å². The molecule has 3 atom stereocenters. The fraction of sp³-hybridized carbons (Fsp3) is 0.846. The lowest BCUT2D eigenvalue weighted by Crippen LogP contribution is -2.42. The highest BCUT2D eigenvalue weighted by molar-refractivity contribution is 5.79. The van der Waals surface area contributed by atoms with Gasteiger partial charge in [0.05, 0.1) is 19.1 Å². The summed E-state index contributed by atoms with van der Waals surface area (Å²) in [6, 6.07) is -0.261. The third-order valence-electron chi connectivity index (χ3n) is 3.29. The average Bonchev–Trinajstić information content (AvgIpc) is 2.70. The number of hydrogen-bond acceptors (Lipinski definition) is 4. The van der Waals surface area contributed by atoms with Crippen LogP contribution >= 0.6 is 0 Å². The first kappa shape index (κ1) is 15.9. The molecule has 0 saturated carbocycles. The van der Waals surface area contributed by atoms with Crippen molar-refractivity contribution in [2.75, 3.05) is 19.8 Å². The topological polar surface area (TPSA) is 102 Å². The Kier molecular flexibility index (Phi) is 6.24. The van der Waals surface area contributed by atoms with Gasteiger partial charge in [-0.05, 0) is 18.3 Å². The summed E-state index contributed by atoms with van der Waals surface area (Å²) in [6.45, 7) is 5.21. The highest BCUT2D eigenvalue weighted by atomic mass is 16.5. The van der Waals surface area contributed by atoms with Crippen LogP contribution in [0.1, 0.15) is 26.7 Å². The lowest BCUT2D eigenvalue weighted by atomic mass is 9.93. The normalized spacial score (nSPS) is 24.4. The molecular formula is C13H24N2O4. The lowest BCUT2D eigenvalue weighted by molar-refractivity contribution is -0.138. The molecule has 0 aromatic rings. The van der Waals surface area contributed by atoms with Gasteiger partial charge in [0.15, 0.2) is 0 Å². The minimum atomic E-state index is -0.833. The largest absolute Gasteiger partial charge is 0.481 e. The molecule has 0 spiro atoms. The van der Waals surface area contributed by atoms with E-state index >= 15 is 0 Å². The molecule has 0 aromatic carbocycles. The van der Waals surface area contributed by atoms with E-state index in [9.17, 15) is 9.59 Å². The van der Waals surface area contributed by atoms with E-state index in [-0.39, 0.29) is 30.2 Å². The second-order valence-electron chi connectivity index (χ2n) is 5.65. The quantitative estimate of drug-likeness (QED) is 0.615.